The molecule has 0 aromatic carbocycles. The fourth-order valence-corrected chi connectivity index (χ4v) is 0.442. The fourth-order valence-electron chi connectivity index (χ4n) is 0.442. The van der Waals surface area contributed by atoms with Crippen LogP contribution in [0.3, 0.4) is 0 Å². The Balaban J connectivity index is 0. The van der Waals surface area contributed by atoms with Crippen LogP contribution in [0.4, 0.5) is 13.2 Å². The van der Waals surface area contributed by atoms with Crippen LogP contribution in [0.5, 0.6) is 0 Å². The number of hydrogen-bond acceptors (Lipinski definition) is 4. The van der Waals surface area contributed by atoms with E-state index in [0.29, 0.717) is 0 Å². The van der Waals surface area contributed by atoms with Gasteiger partial charge in [-0.05, 0) is 6.92 Å². The number of carbonyl (C=O) groups excluding carboxylic acids is 2. The van der Waals surface area contributed by atoms with Crippen LogP contribution < -0.4 is 6.15 Å². The summed E-state index contributed by atoms with van der Waals surface area (Å²) in [6, 6.07) is 0. The monoisotopic (exact) mass is 201 g/mol. The highest BCUT2D eigenvalue weighted by molar-refractivity contribution is 6.03. The minimum atomic E-state index is -3.48. The molecule has 13 heavy (non-hydrogen) atoms. The average Bonchev–Trinajstić information content (AvgIpc) is 2.02. The van der Waals surface area contributed by atoms with Gasteiger partial charge in [-0.2, -0.15) is 0 Å². The molecule has 0 heterocycles. The maximum Gasteiger partial charge on any atom is 0.348 e. The molecule has 0 aliphatic rings. The lowest BCUT2D eigenvalue weighted by atomic mass is 10.2. The largest absolute Gasteiger partial charge is 0.463 e. The zero-order valence-electron chi connectivity index (χ0n) is 6.93. The molecule has 78 valence electrons. The van der Waals surface area contributed by atoms with Gasteiger partial charge >= 0.3 is 5.97 Å². The first kappa shape index (κ1) is 14.4. The SMILES string of the molecule is CCOC(=O)C(F)C(=O)C(F)F.N. The molecule has 4 nitrogen and oxygen atoms in total. The van der Waals surface area contributed by atoms with Gasteiger partial charge < -0.3 is 10.9 Å². The maximum atomic E-state index is 12.3. The third-order valence-corrected chi connectivity index (χ3v) is 0.958. The Bertz CT molecular complexity index is 186. The molecular formula is C6H10F3NO3. The molecule has 1 unspecified atom stereocenters. The zero-order valence-corrected chi connectivity index (χ0v) is 6.93. The molecule has 0 fully saturated rings. The van der Waals surface area contributed by atoms with Crippen molar-refractivity contribution in [3.63, 3.8) is 0 Å². The van der Waals surface area contributed by atoms with E-state index in [-0.39, 0.29) is 12.8 Å². The maximum absolute atomic E-state index is 12.3. The Labute approximate surface area is 72.6 Å². The van der Waals surface area contributed by atoms with Crippen molar-refractivity contribution in [1.29, 1.82) is 0 Å². The smallest absolute Gasteiger partial charge is 0.348 e. The van der Waals surface area contributed by atoms with E-state index in [4.69, 9.17) is 0 Å². The summed E-state index contributed by atoms with van der Waals surface area (Å²) in [5, 5.41) is 0. The van der Waals surface area contributed by atoms with Crippen molar-refractivity contribution in [2.45, 2.75) is 19.5 Å². The highest BCUT2D eigenvalue weighted by Gasteiger charge is 2.33. The summed E-state index contributed by atoms with van der Waals surface area (Å²) < 4.78 is 39.3. The first-order valence-corrected chi connectivity index (χ1v) is 3.13. The highest BCUT2D eigenvalue weighted by atomic mass is 19.3. The van der Waals surface area contributed by atoms with E-state index in [1.165, 1.54) is 6.92 Å². The fraction of sp³-hybridized carbons (Fsp3) is 0.667. The van der Waals surface area contributed by atoms with E-state index in [1.807, 2.05) is 0 Å². The number of carbonyl (C=O) groups is 2. The molecule has 1 atom stereocenters. The number of ketones is 1. The summed E-state index contributed by atoms with van der Waals surface area (Å²) >= 11 is 0. The predicted molar refractivity (Wildman–Crippen MR) is 37.6 cm³/mol. The summed E-state index contributed by atoms with van der Waals surface area (Å²) in [6.07, 6.45) is -6.35. The van der Waals surface area contributed by atoms with Crippen molar-refractivity contribution >= 4 is 11.8 Å². The lowest BCUT2D eigenvalue weighted by Crippen LogP contribution is -2.32. The molecule has 0 bridgehead atoms. The Morgan fingerprint density at radius 2 is 1.77 bits per heavy atom. The second-order valence-corrected chi connectivity index (χ2v) is 1.82. The molecule has 0 aliphatic carbocycles. The summed E-state index contributed by atoms with van der Waals surface area (Å²) in [7, 11) is 0. The molecule has 0 aromatic rings. The number of hydrogen-bond donors (Lipinski definition) is 1. The van der Waals surface area contributed by atoms with Crippen LogP contribution in [0.2, 0.25) is 0 Å². The van der Waals surface area contributed by atoms with Gasteiger partial charge in [-0.1, -0.05) is 0 Å². The van der Waals surface area contributed by atoms with Gasteiger partial charge in [-0.3, -0.25) is 4.79 Å². The first-order chi connectivity index (χ1) is 5.50. The molecule has 0 spiro atoms. The van der Waals surface area contributed by atoms with Gasteiger partial charge in [0.25, 0.3) is 12.6 Å². The Morgan fingerprint density at radius 1 is 1.31 bits per heavy atom. The standard InChI is InChI=1S/C6H7F3O3.H3N/c1-2-12-6(11)3(7)4(10)5(8)9;/h3,5H,2H2,1H3;1H3. The third-order valence-electron chi connectivity index (χ3n) is 0.958. The number of ether oxygens (including phenoxy) is 1. The average molecular weight is 201 g/mol. The molecule has 0 aliphatic heterocycles. The summed E-state index contributed by atoms with van der Waals surface area (Å²) in [5.41, 5.74) is 0. The van der Waals surface area contributed by atoms with Crippen LogP contribution in [0.15, 0.2) is 0 Å². The second-order valence-electron chi connectivity index (χ2n) is 1.82. The molecular weight excluding hydrogens is 191 g/mol. The lowest BCUT2D eigenvalue weighted by Gasteiger charge is -2.04. The molecule has 3 N–H and O–H groups in total. The zero-order chi connectivity index (χ0) is 9.72. The van der Waals surface area contributed by atoms with E-state index in [2.05, 4.69) is 4.74 Å². The van der Waals surface area contributed by atoms with Crippen LogP contribution >= 0.6 is 0 Å². The number of Topliss-reactive ketones (excluding diaryl/α,β-unsaturated/α-hetero) is 1. The van der Waals surface area contributed by atoms with E-state index < -0.39 is 24.3 Å². The molecule has 0 aromatic heterocycles. The van der Waals surface area contributed by atoms with Gasteiger partial charge in [0, 0.05) is 0 Å². The minimum Gasteiger partial charge on any atom is -0.463 e. The number of esters is 1. The summed E-state index contributed by atoms with van der Waals surface area (Å²) in [4.78, 5) is 20.5. The van der Waals surface area contributed by atoms with Crippen molar-refractivity contribution in [2.24, 2.45) is 0 Å². The highest BCUT2D eigenvalue weighted by Crippen LogP contribution is 2.04. The molecule has 0 saturated carbocycles. The predicted octanol–water partition coefficient (Wildman–Crippen LogP) is 0.884. The van der Waals surface area contributed by atoms with Crippen LogP contribution in [0.25, 0.3) is 0 Å². The van der Waals surface area contributed by atoms with Crippen molar-refractivity contribution in [2.75, 3.05) is 6.61 Å². The van der Waals surface area contributed by atoms with E-state index in [0.717, 1.165) is 0 Å². The van der Waals surface area contributed by atoms with E-state index >= 15 is 0 Å². The Hall–Kier alpha value is -1.11. The number of halogens is 3. The number of alkyl halides is 3. The van der Waals surface area contributed by atoms with Gasteiger partial charge in [-0.15, -0.1) is 0 Å². The molecule has 0 rings (SSSR count). The Morgan fingerprint density at radius 3 is 2.08 bits per heavy atom. The van der Waals surface area contributed by atoms with E-state index in [9.17, 15) is 22.8 Å². The van der Waals surface area contributed by atoms with Crippen molar-refractivity contribution in [3.05, 3.63) is 0 Å². The van der Waals surface area contributed by atoms with Gasteiger partial charge in [0.15, 0.2) is 0 Å². The van der Waals surface area contributed by atoms with Crippen LogP contribution in [-0.2, 0) is 14.3 Å². The quantitative estimate of drug-likeness (QED) is 0.541. The van der Waals surface area contributed by atoms with Crippen molar-refractivity contribution in [1.82, 2.24) is 6.15 Å². The van der Waals surface area contributed by atoms with Gasteiger partial charge in [-0.25, -0.2) is 18.0 Å². The second kappa shape index (κ2) is 6.41. The molecule has 0 radical (unpaired) electrons. The normalized spacial score (nSPS) is 11.8. The van der Waals surface area contributed by atoms with Crippen molar-refractivity contribution in [3.8, 4) is 0 Å². The van der Waals surface area contributed by atoms with Gasteiger partial charge in [0.05, 0.1) is 6.61 Å². The summed E-state index contributed by atoms with van der Waals surface area (Å²) in [6.45, 7) is 1.22. The van der Waals surface area contributed by atoms with Crippen LogP contribution in [-0.4, -0.2) is 31.0 Å². The van der Waals surface area contributed by atoms with Crippen LogP contribution in [0.1, 0.15) is 6.92 Å². The summed E-state index contributed by atoms with van der Waals surface area (Å²) in [5.74, 6) is -3.63. The van der Waals surface area contributed by atoms with E-state index in [1.54, 1.807) is 0 Å². The third kappa shape index (κ3) is 4.46. The number of rotatable bonds is 4. The first-order valence-electron chi connectivity index (χ1n) is 3.13. The van der Waals surface area contributed by atoms with Gasteiger partial charge in [0.2, 0.25) is 5.78 Å². The van der Waals surface area contributed by atoms with Crippen molar-refractivity contribution < 1.29 is 27.5 Å². The molecule has 7 heteroatoms. The molecule has 0 saturated heterocycles. The molecule has 0 amide bonds. The Kier molecular flexibility index (Phi) is 7.11. The minimum absolute atomic E-state index is 0. The topological polar surface area (TPSA) is 78.4 Å². The van der Waals surface area contributed by atoms with Gasteiger partial charge in [0.1, 0.15) is 0 Å². The van der Waals surface area contributed by atoms with Crippen LogP contribution in [0, 0.1) is 0 Å². The lowest BCUT2D eigenvalue weighted by molar-refractivity contribution is -0.156.